The van der Waals surface area contributed by atoms with Crippen LogP contribution in [0.15, 0.2) is 18.3 Å². The molecule has 2 unspecified atom stereocenters. The summed E-state index contributed by atoms with van der Waals surface area (Å²) in [5.74, 6) is -1.25. The Morgan fingerprint density at radius 2 is 2.25 bits per heavy atom. The van der Waals surface area contributed by atoms with Gasteiger partial charge in [-0.3, -0.25) is 4.79 Å². The number of pyridine rings is 1. The van der Waals surface area contributed by atoms with Gasteiger partial charge in [0.1, 0.15) is 5.69 Å². The molecule has 1 N–H and O–H groups in total. The Bertz CT molecular complexity index is 546. The summed E-state index contributed by atoms with van der Waals surface area (Å²) in [4.78, 5) is 29.1. The van der Waals surface area contributed by atoms with E-state index in [0.717, 1.165) is 19.3 Å². The van der Waals surface area contributed by atoms with E-state index >= 15 is 0 Å². The van der Waals surface area contributed by atoms with Crippen LogP contribution in [-0.2, 0) is 4.74 Å². The molecule has 0 bridgehead atoms. The van der Waals surface area contributed by atoms with E-state index in [1.165, 1.54) is 12.3 Å². The minimum absolute atomic E-state index is 0.105. The number of ether oxygens (including phenoxy) is 1. The summed E-state index contributed by atoms with van der Waals surface area (Å²) in [6.07, 6.45) is 4.51. The highest BCUT2D eigenvalue weighted by atomic mass is 16.5. The van der Waals surface area contributed by atoms with Gasteiger partial charge in [-0.1, -0.05) is 0 Å². The Labute approximate surface area is 116 Å². The maximum atomic E-state index is 12.6. The van der Waals surface area contributed by atoms with E-state index in [1.54, 1.807) is 6.07 Å². The molecule has 1 aromatic rings. The Hall–Kier alpha value is -1.95. The van der Waals surface area contributed by atoms with Crippen molar-refractivity contribution in [2.75, 3.05) is 13.2 Å². The summed E-state index contributed by atoms with van der Waals surface area (Å²) in [5.41, 5.74) is 0.275. The number of carboxylic acid groups (broad SMARTS) is 1. The van der Waals surface area contributed by atoms with Gasteiger partial charge in [0, 0.05) is 18.3 Å². The van der Waals surface area contributed by atoms with Crippen molar-refractivity contribution in [2.45, 2.75) is 31.4 Å². The average molecular weight is 276 g/mol. The van der Waals surface area contributed by atoms with Crippen LogP contribution in [-0.4, -0.2) is 52.2 Å². The largest absolute Gasteiger partial charge is 0.477 e. The zero-order valence-corrected chi connectivity index (χ0v) is 11.0. The Morgan fingerprint density at radius 1 is 1.40 bits per heavy atom. The first-order chi connectivity index (χ1) is 9.66. The van der Waals surface area contributed by atoms with Gasteiger partial charge < -0.3 is 14.7 Å². The highest BCUT2D eigenvalue weighted by Gasteiger charge is 2.38. The van der Waals surface area contributed by atoms with Crippen molar-refractivity contribution in [1.82, 2.24) is 9.88 Å². The standard InChI is InChI=1S/C14H16N2O4/c17-13(9-4-5-15-10(8-9)14(18)19)16-6-7-20-12-3-1-2-11(12)16/h4-5,8,11-12H,1-3,6-7H2,(H,18,19). The van der Waals surface area contributed by atoms with Gasteiger partial charge in [-0.2, -0.15) is 0 Å². The van der Waals surface area contributed by atoms with Crippen LogP contribution in [0.3, 0.4) is 0 Å². The first-order valence-corrected chi connectivity index (χ1v) is 6.79. The van der Waals surface area contributed by atoms with Gasteiger partial charge in [-0.05, 0) is 31.4 Å². The molecule has 0 spiro atoms. The number of aromatic nitrogens is 1. The predicted octanol–water partition coefficient (Wildman–Crippen LogP) is 1.17. The highest BCUT2D eigenvalue weighted by Crippen LogP contribution is 2.30. The van der Waals surface area contributed by atoms with E-state index in [1.807, 2.05) is 4.90 Å². The lowest BCUT2D eigenvalue weighted by molar-refractivity contribution is -0.0445. The van der Waals surface area contributed by atoms with E-state index < -0.39 is 5.97 Å². The molecule has 1 aliphatic carbocycles. The Morgan fingerprint density at radius 3 is 3.05 bits per heavy atom. The summed E-state index contributed by atoms with van der Waals surface area (Å²) >= 11 is 0. The number of carboxylic acids is 1. The van der Waals surface area contributed by atoms with Gasteiger partial charge in [0.25, 0.3) is 5.91 Å². The summed E-state index contributed by atoms with van der Waals surface area (Å²) < 4.78 is 5.68. The Balaban J connectivity index is 1.84. The van der Waals surface area contributed by atoms with E-state index in [2.05, 4.69) is 4.98 Å². The molecule has 6 nitrogen and oxygen atoms in total. The van der Waals surface area contributed by atoms with Crippen LogP contribution >= 0.6 is 0 Å². The van der Waals surface area contributed by atoms with Gasteiger partial charge >= 0.3 is 5.97 Å². The second-order valence-corrected chi connectivity index (χ2v) is 5.14. The third kappa shape index (κ3) is 2.27. The molecule has 1 amide bonds. The maximum absolute atomic E-state index is 12.6. The van der Waals surface area contributed by atoms with E-state index in [4.69, 9.17) is 9.84 Å². The number of hydrogen-bond donors (Lipinski definition) is 1. The molecule has 0 radical (unpaired) electrons. The number of hydrogen-bond acceptors (Lipinski definition) is 4. The lowest BCUT2D eigenvalue weighted by atomic mass is 10.1. The molecule has 6 heteroatoms. The SMILES string of the molecule is O=C(O)c1cc(C(=O)N2CCOC3CCCC32)ccn1. The molecule has 20 heavy (non-hydrogen) atoms. The van der Waals surface area contributed by atoms with E-state index in [0.29, 0.717) is 18.7 Å². The molecule has 1 aliphatic heterocycles. The smallest absolute Gasteiger partial charge is 0.354 e. The quantitative estimate of drug-likeness (QED) is 0.877. The first kappa shape index (κ1) is 13.1. The van der Waals surface area contributed by atoms with Crippen LogP contribution in [0.1, 0.15) is 40.1 Å². The fourth-order valence-corrected chi connectivity index (χ4v) is 3.02. The topological polar surface area (TPSA) is 79.7 Å². The van der Waals surface area contributed by atoms with Gasteiger partial charge in [-0.25, -0.2) is 9.78 Å². The van der Waals surface area contributed by atoms with Crippen LogP contribution in [0.5, 0.6) is 0 Å². The fourth-order valence-electron chi connectivity index (χ4n) is 3.02. The summed E-state index contributed by atoms with van der Waals surface area (Å²) in [5, 5.41) is 8.94. The van der Waals surface area contributed by atoms with Crippen molar-refractivity contribution in [3.05, 3.63) is 29.6 Å². The molecular weight excluding hydrogens is 260 g/mol. The van der Waals surface area contributed by atoms with Crippen molar-refractivity contribution in [3.8, 4) is 0 Å². The fraction of sp³-hybridized carbons (Fsp3) is 0.500. The molecule has 2 atom stereocenters. The number of carbonyl (C=O) groups is 2. The number of nitrogens with zero attached hydrogens (tertiary/aromatic N) is 2. The minimum Gasteiger partial charge on any atom is -0.477 e. The van der Waals surface area contributed by atoms with E-state index in [9.17, 15) is 9.59 Å². The third-order valence-corrected chi connectivity index (χ3v) is 3.97. The Kier molecular flexibility index (Phi) is 3.40. The summed E-state index contributed by atoms with van der Waals surface area (Å²) in [7, 11) is 0. The molecule has 1 saturated heterocycles. The second-order valence-electron chi connectivity index (χ2n) is 5.14. The van der Waals surface area contributed by atoms with Crippen LogP contribution in [0, 0.1) is 0 Å². The molecule has 2 heterocycles. The van der Waals surface area contributed by atoms with Crippen molar-refractivity contribution in [1.29, 1.82) is 0 Å². The van der Waals surface area contributed by atoms with Crippen LogP contribution < -0.4 is 0 Å². The first-order valence-electron chi connectivity index (χ1n) is 6.79. The van der Waals surface area contributed by atoms with Crippen molar-refractivity contribution < 1.29 is 19.4 Å². The normalized spacial score (nSPS) is 25.3. The number of rotatable bonds is 2. The number of fused-ring (bicyclic) bond motifs is 1. The van der Waals surface area contributed by atoms with Gasteiger partial charge in [0.05, 0.1) is 18.8 Å². The van der Waals surface area contributed by atoms with Gasteiger partial charge in [0.2, 0.25) is 0 Å². The number of morpholine rings is 1. The molecule has 3 rings (SSSR count). The zero-order chi connectivity index (χ0) is 14.1. The number of aromatic carboxylic acids is 1. The third-order valence-electron chi connectivity index (χ3n) is 3.97. The average Bonchev–Trinajstić information content (AvgIpc) is 2.95. The van der Waals surface area contributed by atoms with Crippen LogP contribution in [0.2, 0.25) is 0 Å². The van der Waals surface area contributed by atoms with E-state index in [-0.39, 0.29) is 23.7 Å². The van der Waals surface area contributed by atoms with Crippen molar-refractivity contribution in [2.24, 2.45) is 0 Å². The molecule has 2 aliphatic rings. The highest BCUT2D eigenvalue weighted by molar-refractivity contribution is 5.96. The molecule has 106 valence electrons. The minimum atomic E-state index is -1.12. The number of carbonyl (C=O) groups excluding carboxylic acids is 1. The number of amides is 1. The van der Waals surface area contributed by atoms with Gasteiger partial charge in [0.15, 0.2) is 0 Å². The van der Waals surface area contributed by atoms with Gasteiger partial charge in [-0.15, -0.1) is 0 Å². The predicted molar refractivity (Wildman–Crippen MR) is 69.6 cm³/mol. The lowest BCUT2D eigenvalue weighted by Crippen LogP contribution is -2.51. The molecule has 1 saturated carbocycles. The zero-order valence-electron chi connectivity index (χ0n) is 11.0. The van der Waals surface area contributed by atoms with Crippen LogP contribution in [0.25, 0.3) is 0 Å². The summed E-state index contributed by atoms with van der Waals surface area (Å²) in [6.45, 7) is 1.11. The lowest BCUT2D eigenvalue weighted by Gasteiger charge is -2.37. The van der Waals surface area contributed by atoms with Crippen LogP contribution in [0.4, 0.5) is 0 Å². The second kappa shape index (κ2) is 5.20. The molecular formula is C14H16N2O4. The van der Waals surface area contributed by atoms with Crippen molar-refractivity contribution in [3.63, 3.8) is 0 Å². The summed E-state index contributed by atoms with van der Waals surface area (Å²) in [6, 6.07) is 3.02. The molecule has 0 aromatic carbocycles. The molecule has 2 fully saturated rings. The molecule has 1 aromatic heterocycles. The van der Waals surface area contributed by atoms with Crippen molar-refractivity contribution >= 4 is 11.9 Å². The monoisotopic (exact) mass is 276 g/mol. The maximum Gasteiger partial charge on any atom is 0.354 e.